The molecule has 1 saturated heterocycles. The number of amides is 1. The van der Waals surface area contributed by atoms with Crippen molar-refractivity contribution in [1.82, 2.24) is 4.90 Å². The Balaban J connectivity index is 1.36. The van der Waals surface area contributed by atoms with Crippen LogP contribution < -0.4 is 16.0 Å². The average molecular weight is 459 g/mol. The zero-order valence-electron chi connectivity index (χ0n) is 19.6. The van der Waals surface area contributed by atoms with Crippen LogP contribution in [0, 0.1) is 5.92 Å². The van der Waals surface area contributed by atoms with Crippen LogP contribution in [0.1, 0.15) is 40.4 Å². The summed E-state index contributed by atoms with van der Waals surface area (Å²) in [6.45, 7) is 2.75. The minimum absolute atomic E-state index is 0.112. The van der Waals surface area contributed by atoms with E-state index in [4.69, 9.17) is 5.73 Å². The molecule has 3 N–H and O–H groups in total. The number of carbonyl (C=O) groups is 2. The molecule has 2 aliphatic heterocycles. The van der Waals surface area contributed by atoms with Gasteiger partial charge in [0, 0.05) is 25.3 Å². The minimum Gasteiger partial charge on any atom is -0.378 e. The molecule has 2 aromatic rings. The Hall–Kier alpha value is -3.36. The molecule has 8 nitrogen and oxygen atoms in total. The standard InChI is InChI=1S/C26H30N6O2/c1-31(2)18-8-6-17(7-9-18)24-23-25(30-29-24)19-4-3-5-20(22(19)26(23)34)28-21(33)15-32-12-10-16(14-27)11-13-32/h3-9,16,25H,10-15,27H2,1-2H3,(H,28,33). The molecule has 0 aromatic heterocycles. The lowest BCUT2D eigenvalue weighted by Crippen LogP contribution is -2.40. The van der Waals surface area contributed by atoms with Gasteiger partial charge in [-0.2, -0.15) is 10.2 Å². The van der Waals surface area contributed by atoms with Crippen LogP contribution in [0.25, 0.3) is 5.70 Å². The van der Waals surface area contributed by atoms with Gasteiger partial charge in [0.2, 0.25) is 5.91 Å². The lowest BCUT2D eigenvalue weighted by Gasteiger charge is -2.30. The fraction of sp³-hybridized carbons (Fsp3) is 0.385. The van der Waals surface area contributed by atoms with E-state index in [2.05, 4.69) is 20.4 Å². The number of nitrogens with one attached hydrogen (secondary N) is 1. The van der Waals surface area contributed by atoms with Crippen LogP contribution >= 0.6 is 0 Å². The van der Waals surface area contributed by atoms with Crippen molar-refractivity contribution in [2.24, 2.45) is 21.9 Å². The normalized spacial score (nSPS) is 20.0. The molecule has 0 radical (unpaired) electrons. The first-order valence-corrected chi connectivity index (χ1v) is 11.8. The third-order valence-corrected chi connectivity index (χ3v) is 7.00. The minimum atomic E-state index is -0.418. The topological polar surface area (TPSA) is 103 Å². The van der Waals surface area contributed by atoms with E-state index < -0.39 is 6.04 Å². The summed E-state index contributed by atoms with van der Waals surface area (Å²) in [6, 6.07) is 13.1. The van der Waals surface area contributed by atoms with Crippen molar-refractivity contribution in [1.29, 1.82) is 0 Å². The summed E-state index contributed by atoms with van der Waals surface area (Å²) < 4.78 is 0. The fourth-order valence-corrected chi connectivity index (χ4v) is 5.00. The zero-order valence-corrected chi connectivity index (χ0v) is 19.6. The second-order valence-electron chi connectivity index (χ2n) is 9.42. The lowest BCUT2D eigenvalue weighted by molar-refractivity contribution is -0.117. The molecule has 2 aromatic carbocycles. The average Bonchev–Trinajstić information content (AvgIpc) is 3.40. The van der Waals surface area contributed by atoms with Crippen molar-refractivity contribution in [3.8, 4) is 0 Å². The molecule has 5 rings (SSSR count). The highest BCUT2D eigenvalue weighted by Gasteiger charge is 2.42. The number of piperidine rings is 1. The van der Waals surface area contributed by atoms with E-state index in [0.29, 0.717) is 41.5 Å². The van der Waals surface area contributed by atoms with Crippen LogP contribution in [0.5, 0.6) is 0 Å². The molecule has 176 valence electrons. The van der Waals surface area contributed by atoms with Crippen LogP contribution in [-0.4, -0.2) is 56.9 Å². The summed E-state index contributed by atoms with van der Waals surface area (Å²) in [7, 11) is 3.97. The van der Waals surface area contributed by atoms with Gasteiger partial charge in [-0.15, -0.1) is 0 Å². The van der Waals surface area contributed by atoms with Gasteiger partial charge in [0.05, 0.1) is 23.4 Å². The largest absolute Gasteiger partial charge is 0.378 e. The van der Waals surface area contributed by atoms with Crippen molar-refractivity contribution < 1.29 is 9.59 Å². The number of fused-ring (bicyclic) bond motifs is 3. The smallest absolute Gasteiger partial charge is 0.238 e. The van der Waals surface area contributed by atoms with Gasteiger partial charge in [0.25, 0.3) is 0 Å². The van der Waals surface area contributed by atoms with Crippen molar-refractivity contribution in [2.45, 2.75) is 18.9 Å². The Kier molecular flexibility index (Phi) is 6.02. The van der Waals surface area contributed by atoms with Gasteiger partial charge in [-0.05, 0) is 62.2 Å². The molecule has 0 spiro atoms. The van der Waals surface area contributed by atoms with Crippen LogP contribution in [0.3, 0.4) is 0 Å². The number of ketones is 1. The molecule has 34 heavy (non-hydrogen) atoms. The van der Waals surface area contributed by atoms with Gasteiger partial charge in [-0.25, -0.2) is 0 Å². The number of anilines is 2. The van der Waals surface area contributed by atoms with Gasteiger partial charge in [0.15, 0.2) is 5.78 Å². The third kappa shape index (κ3) is 4.03. The van der Waals surface area contributed by atoms with Crippen molar-refractivity contribution >= 4 is 28.8 Å². The Bertz CT molecular complexity index is 1180. The maximum Gasteiger partial charge on any atom is 0.238 e. The number of rotatable bonds is 6. The molecular weight excluding hydrogens is 428 g/mol. The number of nitrogens with zero attached hydrogens (tertiary/aromatic N) is 4. The summed E-state index contributed by atoms with van der Waals surface area (Å²) in [6.07, 6.45) is 2.03. The number of hydrogen-bond acceptors (Lipinski definition) is 7. The van der Waals surface area contributed by atoms with E-state index in [-0.39, 0.29) is 11.7 Å². The van der Waals surface area contributed by atoms with Crippen molar-refractivity contribution in [2.75, 3.05) is 50.5 Å². The first-order chi connectivity index (χ1) is 16.5. The fourth-order valence-electron chi connectivity index (χ4n) is 5.00. The molecule has 2 heterocycles. The molecule has 3 aliphatic rings. The molecule has 1 atom stereocenters. The van der Waals surface area contributed by atoms with E-state index in [1.165, 1.54) is 0 Å². The summed E-state index contributed by atoms with van der Waals surface area (Å²) >= 11 is 0. The molecule has 8 heteroatoms. The molecule has 1 fully saturated rings. The van der Waals surface area contributed by atoms with Crippen LogP contribution in [0.15, 0.2) is 58.3 Å². The molecular formula is C26H30N6O2. The first-order valence-electron chi connectivity index (χ1n) is 11.8. The number of benzene rings is 2. The Labute approximate surface area is 199 Å². The lowest BCUT2D eigenvalue weighted by atomic mass is 9.97. The van der Waals surface area contributed by atoms with E-state index in [1.54, 1.807) is 6.07 Å². The number of Topliss-reactive ketones (excluding diaryl/α,β-unsaturated/α-hetero) is 1. The monoisotopic (exact) mass is 458 g/mol. The van der Waals surface area contributed by atoms with Gasteiger partial charge in [0.1, 0.15) is 11.7 Å². The van der Waals surface area contributed by atoms with E-state index in [9.17, 15) is 9.59 Å². The number of azo groups is 1. The van der Waals surface area contributed by atoms with Crippen LogP contribution in [-0.2, 0) is 4.79 Å². The highest BCUT2D eigenvalue weighted by molar-refractivity contribution is 6.22. The predicted molar refractivity (Wildman–Crippen MR) is 133 cm³/mol. The highest BCUT2D eigenvalue weighted by Crippen LogP contribution is 2.49. The van der Waals surface area contributed by atoms with Crippen molar-refractivity contribution in [3.05, 3.63) is 64.7 Å². The zero-order chi connectivity index (χ0) is 23.8. The summed E-state index contributed by atoms with van der Waals surface area (Å²) in [4.78, 5) is 30.5. The van der Waals surface area contributed by atoms with Crippen molar-refractivity contribution in [3.63, 3.8) is 0 Å². The Morgan fingerprint density at radius 3 is 2.56 bits per heavy atom. The van der Waals surface area contributed by atoms with E-state index in [0.717, 1.165) is 42.7 Å². The maximum absolute atomic E-state index is 13.5. The predicted octanol–water partition coefficient (Wildman–Crippen LogP) is 3.48. The van der Waals surface area contributed by atoms with Gasteiger partial charge >= 0.3 is 0 Å². The van der Waals surface area contributed by atoms with Gasteiger partial charge < -0.3 is 16.0 Å². The third-order valence-electron chi connectivity index (χ3n) is 7.00. The van der Waals surface area contributed by atoms with Gasteiger partial charge in [-0.1, -0.05) is 24.3 Å². The second kappa shape index (κ2) is 9.12. The number of hydrogen-bond donors (Lipinski definition) is 2. The summed E-state index contributed by atoms with van der Waals surface area (Å²) in [5, 5.41) is 11.8. The molecule has 1 unspecified atom stereocenters. The molecule has 0 bridgehead atoms. The number of carbonyl (C=O) groups excluding carboxylic acids is 2. The summed E-state index contributed by atoms with van der Waals surface area (Å²) in [5.41, 5.74) is 10.8. The summed E-state index contributed by atoms with van der Waals surface area (Å²) in [5.74, 6) is 0.320. The number of likely N-dealkylation sites (tertiary alicyclic amines) is 1. The molecule has 1 aliphatic carbocycles. The van der Waals surface area contributed by atoms with Gasteiger partial charge in [-0.3, -0.25) is 14.5 Å². The first kappa shape index (κ1) is 22.4. The van der Waals surface area contributed by atoms with Crippen LogP contribution in [0.4, 0.5) is 11.4 Å². The Morgan fingerprint density at radius 2 is 1.88 bits per heavy atom. The highest BCUT2D eigenvalue weighted by atomic mass is 16.2. The quantitative estimate of drug-likeness (QED) is 0.690. The maximum atomic E-state index is 13.5. The van der Waals surface area contributed by atoms with E-state index >= 15 is 0 Å². The Morgan fingerprint density at radius 1 is 1.15 bits per heavy atom. The number of nitrogens with two attached hydrogens (primary N) is 1. The second-order valence-corrected chi connectivity index (χ2v) is 9.42. The van der Waals surface area contributed by atoms with Crippen LogP contribution in [0.2, 0.25) is 0 Å². The SMILES string of the molecule is CN(C)c1ccc(C2=C3C(=O)c4c(NC(=O)CN5CCC(CN)CC5)cccc4C3N=N2)cc1. The molecule has 0 saturated carbocycles. The van der Waals surface area contributed by atoms with E-state index in [1.807, 2.05) is 55.4 Å². The molecule has 1 amide bonds.